The Morgan fingerprint density at radius 3 is 2.55 bits per heavy atom. The molecule has 1 aliphatic carbocycles. The summed E-state index contributed by atoms with van der Waals surface area (Å²) in [6.07, 6.45) is 5.38. The minimum Gasteiger partial charge on any atom is -0.507 e. The standard InChI is InChI=1S/C33H32N2O5/c1-39-19-23-18-25-31(33(38)35(32(25)37)24-10-3-2-4-11-24)26-20-40-29(30(23)26)15-14-21(27-12-7-8-16-34-27)17-22-9-5-6-13-28(22)36/h2-13,16-17,25-26,29,31,36H,14-15,18-20H2,1H3/b21-17-/t25-,26+,29-,31-/m1/s1. The van der Waals surface area contributed by atoms with Gasteiger partial charge in [-0.3, -0.25) is 19.5 Å². The zero-order chi connectivity index (χ0) is 27.6. The summed E-state index contributed by atoms with van der Waals surface area (Å²) in [6.45, 7) is 0.806. The lowest BCUT2D eigenvalue weighted by molar-refractivity contribution is -0.122. The molecule has 0 saturated carbocycles. The largest absolute Gasteiger partial charge is 0.507 e. The fourth-order valence-corrected chi connectivity index (χ4v) is 6.52. The van der Waals surface area contributed by atoms with E-state index in [1.807, 2.05) is 66.7 Å². The third-order valence-corrected chi connectivity index (χ3v) is 8.28. The van der Waals surface area contributed by atoms with Crippen LogP contribution in [0.15, 0.2) is 90.1 Å². The van der Waals surface area contributed by atoms with Crippen LogP contribution in [0.2, 0.25) is 0 Å². The van der Waals surface area contributed by atoms with Crippen molar-refractivity contribution in [2.75, 3.05) is 25.2 Å². The van der Waals surface area contributed by atoms with Crippen LogP contribution in [0.25, 0.3) is 11.6 Å². The van der Waals surface area contributed by atoms with Gasteiger partial charge >= 0.3 is 0 Å². The van der Waals surface area contributed by atoms with Crippen LogP contribution in [0.5, 0.6) is 5.75 Å². The Labute approximate surface area is 233 Å². The van der Waals surface area contributed by atoms with E-state index in [1.165, 1.54) is 4.90 Å². The van der Waals surface area contributed by atoms with Gasteiger partial charge in [-0.05, 0) is 72.4 Å². The molecule has 2 fully saturated rings. The maximum atomic E-state index is 13.7. The number of amides is 2. The van der Waals surface area contributed by atoms with Gasteiger partial charge in [-0.2, -0.15) is 0 Å². The highest BCUT2D eigenvalue weighted by atomic mass is 16.5. The number of para-hydroxylation sites is 2. The smallest absolute Gasteiger partial charge is 0.238 e. The molecular weight excluding hydrogens is 504 g/mol. The van der Waals surface area contributed by atoms with Gasteiger partial charge in [0.2, 0.25) is 11.8 Å². The van der Waals surface area contributed by atoms with Crippen molar-refractivity contribution in [2.24, 2.45) is 17.8 Å². The van der Waals surface area contributed by atoms with Crippen molar-refractivity contribution in [3.63, 3.8) is 0 Å². The number of ether oxygens (including phenoxy) is 2. The number of methoxy groups -OCH3 is 1. The van der Waals surface area contributed by atoms with Gasteiger partial charge in [0, 0.05) is 24.8 Å². The Balaban J connectivity index is 1.29. The minimum absolute atomic E-state index is 0.139. The second-order valence-electron chi connectivity index (χ2n) is 10.6. The van der Waals surface area contributed by atoms with Crippen molar-refractivity contribution in [1.82, 2.24) is 4.98 Å². The summed E-state index contributed by atoms with van der Waals surface area (Å²) >= 11 is 0. The molecule has 1 aromatic heterocycles. The molecule has 7 nitrogen and oxygen atoms in total. The molecule has 3 aliphatic rings. The van der Waals surface area contributed by atoms with Gasteiger partial charge in [-0.1, -0.05) is 42.5 Å². The number of pyridine rings is 1. The van der Waals surface area contributed by atoms with Crippen LogP contribution in [0.1, 0.15) is 30.5 Å². The first-order chi connectivity index (χ1) is 19.6. The highest BCUT2D eigenvalue weighted by molar-refractivity contribution is 6.22. The number of aromatic hydroxyl groups is 1. The number of allylic oxidation sites excluding steroid dienone is 1. The predicted octanol–water partition coefficient (Wildman–Crippen LogP) is 5.28. The topological polar surface area (TPSA) is 89.0 Å². The number of carbonyl (C=O) groups is 2. The van der Waals surface area contributed by atoms with E-state index >= 15 is 0 Å². The zero-order valence-electron chi connectivity index (χ0n) is 22.4. The molecule has 2 amide bonds. The zero-order valence-corrected chi connectivity index (χ0v) is 22.4. The SMILES string of the molecule is COCC1=C2[C@@H](CC/C(=C/c3ccccc3O)c3ccccn3)OC[C@@H]2[C@@H]2C(=O)N(c3ccccc3)C(=O)[C@@H]2C1. The number of nitrogens with zero attached hydrogens (tertiary/aromatic N) is 2. The molecule has 6 rings (SSSR count). The first-order valence-corrected chi connectivity index (χ1v) is 13.7. The average Bonchev–Trinajstić information content (AvgIpc) is 3.51. The molecular formula is C33H32N2O5. The van der Waals surface area contributed by atoms with E-state index in [0.29, 0.717) is 38.2 Å². The molecule has 7 heteroatoms. The van der Waals surface area contributed by atoms with Gasteiger partial charge in [0.05, 0.1) is 42.5 Å². The van der Waals surface area contributed by atoms with Crippen molar-refractivity contribution in [1.29, 1.82) is 0 Å². The Hall–Kier alpha value is -4.07. The summed E-state index contributed by atoms with van der Waals surface area (Å²) in [6, 6.07) is 22.2. The van der Waals surface area contributed by atoms with Crippen LogP contribution in [0.4, 0.5) is 5.69 Å². The van der Waals surface area contributed by atoms with E-state index < -0.39 is 11.8 Å². The highest BCUT2D eigenvalue weighted by Gasteiger charge is 2.57. The quantitative estimate of drug-likeness (QED) is 0.312. The molecule has 1 N–H and O–H groups in total. The van der Waals surface area contributed by atoms with Crippen molar-refractivity contribution in [3.8, 4) is 5.75 Å². The molecule has 0 radical (unpaired) electrons. The summed E-state index contributed by atoms with van der Waals surface area (Å²) < 4.78 is 12.0. The fraction of sp³-hybridized carbons (Fsp3) is 0.303. The first kappa shape index (κ1) is 26.2. The Morgan fingerprint density at radius 2 is 1.80 bits per heavy atom. The van der Waals surface area contributed by atoms with Gasteiger partial charge < -0.3 is 14.6 Å². The second-order valence-corrected chi connectivity index (χ2v) is 10.6. The van der Waals surface area contributed by atoms with Gasteiger partial charge in [0.1, 0.15) is 5.75 Å². The average molecular weight is 537 g/mol. The van der Waals surface area contributed by atoms with Crippen LogP contribution < -0.4 is 4.90 Å². The number of phenols is 1. The molecule has 0 bridgehead atoms. The molecule has 204 valence electrons. The second kappa shape index (κ2) is 11.2. The summed E-state index contributed by atoms with van der Waals surface area (Å²) in [5.41, 5.74) is 5.35. The van der Waals surface area contributed by atoms with Crippen LogP contribution in [0.3, 0.4) is 0 Å². The van der Waals surface area contributed by atoms with Crippen molar-refractivity contribution in [3.05, 3.63) is 101 Å². The first-order valence-electron chi connectivity index (χ1n) is 13.7. The molecule has 3 aromatic rings. The number of hydrogen-bond acceptors (Lipinski definition) is 6. The molecule has 4 atom stereocenters. The molecule has 0 unspecified atom stereocenters. The van der Waals surface area contributed by atoms with Gasteiger partial charge in [0.25, 0.3) is 0 Å². The number of aromatic nitrogens is 1. The van der Waals surface area contributed by atoms with E-state index in [0.717, 1.165) is 28.0 Å². The Bertz CT molecular complexity index is 1470. The lowest BCUT2D eigenvalue weighted by atomic mass is 9.69. The van der Waals surface area contributed by atoms with E-state index in [9.17, 15) is 14.7 Å². The lowest BCUT2D eigenvalue weighted by Gasteiger charge is -2.31. The van der Waals surface area contributed by atoms with E-state index in [-0.39, 0.29) is 29.6 Å². The molecule has 2 aromatic carbocycles. The van der Waals surface area contributed by atoms with Crippen molar-refractivity contribution >= 4 is 29.2 Å². The number of phenolic OH excluding ortho intramolecular Hbond substituents is 1. The molecule has 3 heterocycles. The Morgan fingerprint density at radius 1 is 1.02 bits per heavy atom. The minimum atomic E-state index is -0.430. The molecule has 0 spiro atoms. The van der Waals surface area contributed by atoms with Gasteiger partial charge in [0.15, 0.2) is 0 Å². The number of anilines is 1. The van der Waals surface area contributed by atoms with Crippen molar-refractivity contribution in [2.45, 2.75) is 25.4 Å². The summed E-state index contributed by atoms with van der Waals surface area (Å²) in [7, 11) is 1.66. The number of imide groups is 1. The third-order valence-electron chi connectivity index (χ3n) is 8.28. The van der Waals surface area contributed by atoms with Crippen LogP contribution >= 0.6 is 0 Å². The number of rotatable bonds is 8. The Kier molecular flexibility index (Phi) is 7.32. The van der Waals surface area contributed by atoms with E-state index in [4.69, 9.17) is 9.47 Å². The van der Waals surface area contributed by atoms with Crippen LogP contribution in [-0.4, -0.2) is 48.3 Å². The molecule has 2 aliphatic heterocycles. The maximum absolute atomic E-state index is 13.7. The molecule has 2 saturated heterocycles. The fourth-order valence-electron chi connectivity index (χ4n) is 6.52. The predicted molar refractivity (Wildman–Crippen MR) is 152 cm³/mol. The summed E-state index contributed by atoms with van der Waals surface area (Å²) in [5, 5.41) is 10.4. The van der Waals surface area contributed by atoms with Gasteiger partial charge in [-0.25, -0.2) is 0 Å². The number of hydrogen-bond donors (Lipinski definition) is 1. The summed E-state index contributed by atoms with van der Waals surface area (Å²) in [5.74, 6) is -1.05. The van der Waals surface area contributed by atoms with Crippen LogP contribution in [-0.2, 0) is 19.1 Å². The third kappa shape index (κ3) is 4.76. The van der Waals surface area contributed by atoms with E-state index in [2.05, 4.69) is 4.98 Å². The highest BCUT2D eigenvalue weighted by Crippen LogP contribution is 2.50. The monoisotopic (exact) mass is 536 g/mol. The van der Waals surface area contributed by atoms with Gasteiger partial charge in [-0.15, -0.1) is 0 Å². The number of benzene rings is 2. The number of carbonyl (C=O) groups excluding carboxylic acids is 2. The molecule has 40 heavy (non-hydrogen) atoms. The van der Waals surface area contributed by atoms with Crippen LogP contribution in [0, 0.1) is 17.8 Å². The number of fused-ring (bicyclic) bond motifs is 3. The summed E-state index contributed by atoms with van der Waals surface area (Å²) in [4.78, 5) is 33.1. The maximum Gasteiger partial charge on any atom is 0.238 e. The lowest BCUT2D eigenvalue weighted by Crippen LogP contribution is -2.35. The normalized spacial score (nSPS) is 24.4. The van der Waals surface area contributed by atoms with Crippen molar-refractivity contribution < 1.29 is 24.2 Å². The van der Waals surface area contributed by atoms with E-state index in [1.54, 1.807) is 25.4 Å².